The SMILES string of the molecule is Cc1ccnn1CCC(=O)N1CC[C@@H](c2[nH]ncc2S(C)(=O)=O)C1. The first-order chi connectivity index (χ1) is 11.4. The van der Waals surface area contributed by atoms with Gasteiger partial charge in [-0.3, -0.25) is 14.6 Å². The molecule has 1 amide bonds. The van der Waals surface area contributed by atoms with Crippen LogP contribution in [0.15, 0.2) is 23.4 Å². The Morgan fingerprint density at radius 3 is 2.92 bits per heavy atom. The fourth-order valence-corrected chi connectivity index (χ4v) is 3.94. The third kappa shape index (κ3) is 3.35. The number of rotatable bonds is 5. The highest BCUT2D eigenvalue weighted by Gasteiger charge is 2.31. The molecule has 1 aliphatic heterocycles. The van der Waals surface area contributed by atoms with Gasteiger partial charge in [0.25, 0.3) is 0 Å². The number of nitrogens with zero attached hydrogens (tertiary/aromatic N) is 4. The average Bonchev–Trinajstić information content (AvgIpc) is 3.24. The minimum atomic E-state index is -3.32. The van der Waals surface area contributed by atoms with Crippen LogP contribution in [0.4, 0.5) is 0 Å². The Balaban J connectivity index is 1.62. The highest BCUT2D eigenvalue weighted by molar-refractivity contribution is 7.90. The summed E-state index contributed by atoms with van der Waals surface area (Å²) in [5.74, 6) is 0.0421. The van der Waals surface area contributed by atoms with Crippen LogP contribution in [0, 0.1) is 6.92 Å². The maximum Gasteiger partial charge on any atom is 0.224 e. The molecule has 1 aliphatic rings. The Bertz CT molecular complexity index is 839. The second kappa shape index (κ2) is 6.39. The molecule has 24 heavy (non-hydrogen) atoms. The molecule has 3 rings (SSSR count). The lowest BCUT2D eigenvalue weighted by molar-refractivity contribution is -0.130. The Kier molecular flexibility index (Phi) is 4.44. The van der Waals surface area contributed by atoms with Gasteiger partial charge in [0.05, 0.1) is 11.9 Å². The average molecular weight is 351 g/mol. The Morgan fingerprint density at radius 2 is 2.25 bits per heavy atom. The fraction of sp³-hybridized carbons (Fsp3) is 0.533. The molecule has 1 saturated heterocycles. The molecule has 2 aromatic rings. The zero-order chi connectivity index (χ0) is 17.3. The van der Waals surface area contributed by atoms with Crippen LogP contribution in [-0.4, -0.2) is 58.5 Å². The summed E-state index contributed by atoms with van der Waals surface area (Å²) in [6, 6.07) is 1.90. The second-order valence-electron chi connectivity index (χ2n) is 6.19. The van der Waals surface area contributed by atoms with Crippen molar-refractivity contribution >= 4 is 15.7 Å². The first-order valence-electron chi connectivity index (χ1n) is 7.86. The van der Waals surface area contributed by atoms with E-state index in [1.54, 1.807) is 11.1 Å². The van der Waals surface area contributed by atoms with E-state index in [0.29, 0.717) is 31.7 Å². The van der Waals surface area contributed by atoms with Crippen LogP contribution in [0.25, 0.3) is 0 Å². The Labute approximate surface area is 140 Å². The van der Waals surface area contributed by atoms with Crippen LogP contribution >= 0.6 is 0 Å². The van der Waals surface area contributed by atoms with Crippen molar-refractivity contribution < 1.29 is 13.2 Å². The fourth-order valence-electron chi connectivity index (χ4n) is 3.09. The van der Waals surface area contributed by atoms with E-state index in [9.17, 15) is 13.2 Å². The van der Waals surface area contributed by atoms with E-state index in [1.807, 2.05) is 17.7 Å². The van der Waals surface area contributed by atoms with E-state index in [0.717, 1.165) is 12.1 Å². The number of aromatic nitrogens is 4. The molecule has 8 nitrogen and oxygen atoms in total. The molecule has 0 unspecified atom stereocenters. The monoisotopic (exact) mass is 351 g/mol. The van der Waals surface area contributed by atoms with Gasteiger partial charge in [0.1, 0.15) is 4.90 Å². The van der Waals surface area contributed by atoms with Crippen molar-refractivity contribution in [3.63, 3.8) is 0 Å². The van der Waals surface area contributed by atoms with Gasteiger partial charge in [0.15, 0.2) is 9.84 Å². The number of carbonyl (C=O) groups is 1. The van der Waals surface area contributed by atoms with Gasteiger partial charge in [0, 0.05) is 50.1 Å². The molecular weight excluding hydrogens is 330 g/mol. The lowest BCUT2D eigenvalue weighted by Crippen LogP contribution is -2.29. The van der Waals surface area contributed by atoms with Crippen molar-refractivity contribution in [3.05, 3.63) is 29.8 Å². The molecular formula is C15H21N5O3S. The lowest BCUT2D eigenvalue weighted by Gasteiger charge is -2.17. The summed E-state index contributed by atoms with van der Waals surface area (Å²) < 4.78 is 25.4. The van der Waals surface area contributed by atoms with E-state index < -0.39 is 9.84 Å². The number of carbonyl (C=O) groups excluding carboxylic acids is 1. The van der Waals surface area contributed by atoms with Gasteiger partial charge in [-0.1, -0.05) is 0 Å². The number of aromatic amines is 1. The molecule has 1 atom stereocenters. The van der Waals surface area contributed by atoms with Crippen LogP contribution in [0.3, 0.4) is 0 Å². The summed E-state index contributed by atoms with van der Waals surface area (Å²) in [4.78, 5) is 14.4. The first-order valence-corrected chi connectivity index (χ1v) is 9.75. The summed E-state index contributed by atoms with van der Waals surface area (Å²) in [7, 11) is -3.32. The molecule has 3 heterocycles. The summed E-state index contributed by atoms with van der Waals surface area (Å²) in [6.45, 7) is 3.65. The Hall–Kier alpha value is -2.16. The van der Waals surface area contributed by atoms with Crippen LogP contribution < -0.4 is 0 Å². The maximum absolute atomic E-state index is 12.4. The van der Waals surface area contributed by atoms with Crippen LogP contribution in [0.2, 0.25) is 0 Å². The van der Waals surface area contributed by atoms with E-state index in [4.69, 9.17) is 0 Å². The predicted octanol–water partition coefficient (Wildman–Crippen LogP) is 0.724. The number of hydrogen-bond donors (Lipinski definition) is 1. The first kappa shape index (κ1) is 16.7. The van der Waals surface area contributed by atoms with Gasteiger partial charge < -0.3 is 4.90 Å². The zero-order valence-corrected chi connectivity index (χ0v) is 14.6. The molecule has 130 valence electrons. The smallest absolute Gasteiger partial charge is 0.224 e. The number of H-pyrrole nitrogens is 1. The Morgan fingerprint density at radius 1 is 1.46 bits per heavy atom. The maximum atomic E-state index is 12.4. The van der Waals surface area contributed by atoms with Crippen LogP contribution in [0.5, 0.6) is 0 Å². The molecule has 1 N–H and O–H groups in total. The van der Waals surface area contributed by atoms with Crippen molar-refractivity contribution in [2.45, 2.75) is 37.1 Å². The molecule has 0 bridgehead atoms. The van der Waals surface area contributed by atoms with Gasteiger partial charge in [-0.15, -0.1) is 0 Å². The second-order valence-corrected chi connectivity index (χ2v) is 8.18. The normalized spacial score (nSPS) is 18.2. The zero-order valence-electron chi connectivity index (χ0n) is 13.8. The van der Waals surface area contributed by atoms with Crippen LogP contribution in [-0.2, 0) is 21.2 Å². The van der Waals surface area contributed by atoms with E-state index in [1.165, 1.54) is 12.5 Å². The number of hydrogen-bond acceptors (Lipinski definition) is 5. The minimum absolute atomic E-state index is 0.0207. The van der Waals surface area contributed by atoms with E-state index in [2.05, 4.69) is 15.3 Å². The number of amides is 1. The van der Waals surface area contributed by atoms with Gasteiger partial charge in [-0.2, -0.15) is 10.2 Å². The summed E-state index contributed by atoms with van der Waals surface area (Å²) in [5, 5.41) is 10.8. The highest BCUT2D eigenvalue weighted by Crippen LogP contribution is 2.30. The molecule has 0 spiro atoms. The summed E-state index contributed by atoms with van der Waals surface area (Å²) >= 11 is 0. The van der Waals surface area contributed by atoms with Gasteiger partial charge in [-0.25, -0.2) is 8.42 Å². The van der Waals surface area contributed by atoms with Crippen molar-refractivity contribution in [1.82, 2.24) is 24.9 Å². The molecule has 2 aromatic heterocycles. The van der Waals surface area contributed by atoms with E-state index >= 15 is 0 Å². The van der Waals surface area contributed by atoms with E-state index in [-0.39, 0.29) is 16.7 Å². The molecule has 1 fully saturated rings. The molecule has 9 heteroatoms. The van der Waals surface area contributed by atoms with Crippen LogP contribution in [0.1, 0.15) is 30.1 Å². The number of aryl methyl sites for hydroxylation is 2. The van der Waals surface area contributed by atoms with Gasteiger partial charge >= 0.3 is 0 Å². The number of likely N-dealkylation sites (tertiary alicyclic amines) is 1. The van der Waals surface area contributed by atoms with Gasteiger partial charge in [0.2, 0.25) is 5.91 Å². The molecule has 0 aliphatic carbocycles. The number of sulfone groups is 1. The van der Waals surface area contributed by atoms with Gasteiger partial charge in [-0.05, 0) is 19.4 Å². The minimum Gasteiger partial charge on any atom is -0.342 e. The van der Waals surface area contributed by atoms with Crippen molar-refractivity contribution in [1.29, 1.82) is 0 Å². The molecule has 0 aromatic carbocycles. The third-order valence-corrected chi connectivity index (χ3v) is 5.57. The largest absolute Gasteiger partial charge is 0.342 e. The quantitative estimate of drug-likeness (QED) is 0.855. The topological polar surface area (TPSA) is 101 Å². The highest BCUT2D eigenvalue weighted by atomic mass is 32.2. The standard InChI is InChI=1S/C15H21N5O3S/c1-11-3-6-17-20(11)8-5-14(21)19-7-4-12(10-19)15-13(9-16-18-15)24(2,22)23/h3,6,9,12H,4-5,7-8,10H2,1-2H3,(H,16,18)/t12-/m1/s1. The number of nitrogens with one attached hydrogen (secondary N) is 1. The predicted molar refractivity (Wildman–Crippen MR) is 87.2 cm³/mol. The molecule has 0 saturated carbocycles. The lowest BCUT2D eigenvalue weighted by atomic mass is 10.1. The van der Waals surface area contributed by atoms with Crippen molar-refractivity contribution in [2.24, 2.45) is 0 Å². The van der Waals surface area contributed by atoms with Crippen molar-refractivity contribution in [2.75, 3.05) is 19.3 Å². The molecule has 0 radical (unpaired) electrons. The van der Waals surface area contributed by atoms with Crippen molar-refractivity contribution in [3.8, 4) is 0 Å². The summed E-state index contributed by atoms with van der Waals surface area (Å²) in [5.41, 5.74) is 1.63. The third-order valence-electron chi connectivity index (χ3n) is 4.45. The summed E-state index contributed by atoms with van der Waals surface area (Å²) in [6.07, 6.45) is 5.35.